The van der Waals surface area contributed by atoms with Crippen LogP contribution in [0.1, 0.15) is 23.6 Å². The molecule has 0 amide bonds. The summed E-state index contributed by atoms with van der Waals surface area (Å²) in [6.07, 6.45) is 2.87. The number of aromatic nitrogens is 1. The third kappa shape index (κ3) is 2.72. The molecule has 1 atom stereocenters. The highest BCUT2D eigenvalue weighted by atomic mass is 16.5. The topological polar surface area (TPSA) is 37.4 Å². The minimum absolute atomic E-state index is 0.438. The van der Waals surface area contributed by atoms with Crippen molar-refractivity contribution in [3.63, 3.8) is 0 Å². The number of benzene rings is 1. The van der Waals surface area contributed by atoms with Crippen LogP contribution in [0.5, 0.6) is 5.88 Å². The van der Waals surface area contributed by atoms with Gasteiger partial charge in [-0.05, 0) is 31.2 Å². The summed E-state index contributed by atoms with van der Waals surface area (Å²) in [5.74, 6) is 0.714. The number of hydrogen-bond acceptors (Lipinski definition) is 4. The first kappa shape index (κ1) is 13.9. The number of nitrogens with one attached hydrogen (secondary N) is 1. The molecule has 110 valence electrons. The van der Waals surface area contributed by atoms with Crippen molar-refractivity contribution in [1.82, 2.24) is 10.3 Å². The van der Waals surface area contributed by atoms with Crippen LogP contribution in [0.15, 0.2) is 42.6 Å². The Balaban J connectivity index is 1.90. The van der Waals surface area contributed by atoms with Crippen LogP contribution in [0.25, 0.3) is 0 Å². The molecule has 0 saturated carbocycles. The van der Waals surface area contributed by atoms with E-state index in [-0.39, 0.29) is 0 Å². The van der Waals surface area contributed by atoms with E-state index < -0.39 is 0 Å². The van der Waals surface area contributed by atoms with E-state index in [2.05, 4.69) is 45.5 Å². The number of anilines is 1. The van der Waals surface area contributed by atoms with E-state index in [1.165, 1.54) is 11.3 Å². The maximum absolute atomic E-state index is 5.37. The molecule has 1 unspecified atom stereocenters. The molecule has 1 aromatic heterocycles. The predicted octanol–water partition coefficient (Wildman–Crippen LogP) is 2.76. The van der Waals surface area contributed by atoms with Gasteiger partial charge in [0.15, 0.2) is 0 Å². The monoisotopic (exact) mass is 283 g/mol. The molecular weight excluding hydrogens is 262 g/mol. The van der Waals surface area contributed by atoms with E-state index in [1.807, 2.05) is 13.1 Å². The van der Waals surface area contributed by atoms with Crippen LogP contribution in [0.4, 0.5) is 5.69 Å². The second-order valence-electron chi connectivity index (χ2n) is 5.28. The molecule has 1 aliphatic heterocycles. The fourth-order valence-electron chi connectivity index (χ4n) is 3.03. The lowest BCUT2D eigenvalue weighted by Gasteiger charge is -2.35. The lowest BCUT2D eigenvalue weighted by molar-refractivity contribution is 0.391. The third-order valence-electron chi connectivity index (χ3n) is 4.09. The minimum atomic E-state index is 0.438. The van der Waals surface area contributed by atoms with Gasteiger partial charge in [-0.15, -0.1) is 0 Å². The molecule has 0 saturated heterocycles. The molecule has 0 fully saturated rings. The van der Waals surface area contributed by atoms with Gasteiger partial charge in [0.2, 0.25) is 5.88 Å². The van der Waals surface area contributed by atoms with Gasteiger partial charge in [0.1, 0.15) is 0 Å². The number of nitrogens with zero attached hydrogens (tertiary/aromatic N) is 2. The van der Waals surface area contributed by atoms with Crippen molar-refractivity contribution < 1.29 is 4.74 Å². The van der Waals surface area contributed by atoms with Crippen molar-refractivity contribution in [3.8, 4) is 5.88 Å². The molecule has 4 heteroatoms. The molecule has 3 rings (SSSR count). The van der Waals surface area contributed by atoms with Crippen LogP contribution in [0, 0.1) is 0 Å². The lowest BCUT2D eigenvalue weighted by atomic mass is 9.96. The summed E-state index contributed by atoms with van der Waals surface area (Å²) in [5.41, 5.74) is 3.79. The van der Waals surface area contributed by atoms with Crippen LogP contribution < -0.4 is 15.0 Å². The summed E-state index contributed by atoms with van der Waals surface area (Å²) in [7, 11) is 3.70. The summed E-state index contributed by atoms with van der Waals surface area (Å²) < 4.78 is 5.37. The Hall–Kier alpha value is -2.07. The maximum atomic E-state index is 5.37. The molecule has 2 heterocycles. The second-order valence-corrected chi connectivity index (χ2v) is 5.28. The Morgan fingerprint density at radius 2 is 2.14 bits per heavy atom. The number of hydrogen-bond donors (Lipinski definition) is 1. The van der Waals surface area contributed by atoms with E-state index in [9.17, 15) is 0 Å². The number of rotatable bonds is 4. The van der Waals surface area contributed by atoms with E-state index in [1.54, 1.807) is 13.3 Å². The molecule has 21 heavy (non-hydrogen) atoms. The summed E-state index contributed by atoms with van der Waals surface area (Å²) in [6, 6.07) is 13.1. The van der Waals surface area contributed by atoms with Gasteiger partial charge < -0.3 is 15.0 Å². The van der Waals surface area contributed by atoms with E-state index in [0.29, 0.717) is 11.9 Å². The van der Waals surface area contributed by atoms with E-state index in [4.69, 9.17) is 4.74 Å². The Morgan fingerprint density at radius 3 is 2.95 bits per heavy atom. The predicted molar refractivity (Wildman–Crippen MR) is 84.7 cm³/mol. The summed E-state index contributed by atoms with van der Waals surface area (Å²) in [6.45, 7) is 1.85. The minimum Gasteiger partial charge on any atom is -0.481 e. The fourth-order valence-corrected chi connectivity index (χ4v) is 3.03. The number of fused-ring (bicyclic) bond motifs is 1. The van der Waals surface area contributed by atoms with E-state index >= 15 is 0 Å². The maximum Gasteiger partial charge on any atom is 0.218 e. The normalized spacial score (nSPS) is 17.4. The van der Waals surface area contributed by atoms with Crippen LogP contribution >= 0.6 is 0 Å². The van der Waals surface area contributed by atoms with Gasteiger partial charge in [0.05, 0.1) is 7.11 Å². The number of ether oxygens (including phenoxy) is 1. The Labute approximate surface area is 125 Å². The Bertz CT molecular complexity index is 614. The average Bonchev–Trinajstić information content (AvgIpc) is 2.55. The summed E-state index contributed by atoms with van der Waals surface area (Å²) >= 11 is 0. The van der Waals surface area contributed by atoms with Crippen molar-refractivity contribution in [2.24, 2.45) is 0 Å². The Kier molecular flexibility index (Phi) is 4.06. The zero-order chi connectivity index (χ0) is 14.7. The molecule has 1 aliphatic rings. The fraction of sp³-hybridized carbons (Fsp3) is 0.353. The van der Waals surface area contributed by atoms with Gasteiger partial charge in [-0.3, -0.25) is 0 Å². The third-order valence-corrected chi connectivity index (χ3v) is 4.09. The van der Waals surface area contributed by atoms with Crippen LogP contribution in [-0.4, -0.2) is 25.7 Å². The quantitative estimate of drug-likeness (QED) is 0.936. The van der Waals surface area contributed by atoms with Gasteiger partial charge in [-0.1, -0.05) is 24.3 Å². The smallest absolute Gasteiger partial charge is 0.218 e. The first-order chi connectivity index (χ1) is 10.3. The van der Waals surface area contributed by atoms with Crippen molar-refractivity contribution in [2.75, 3.05) is 25.6 Å². The van der Waals surface area contributed by atoms with Crippen LogP contribution in [-0.2, 0) is 6.54 Å². The van der Waals surface area contributed by atoms with Gasteiger partial charge in [-0.25, -0.2) is 4.98 Å². The highest BCUT2D eigenvalue weighted by Crippen LogP contribution is 2.34. The molecule has 4 nitrogen and oxygen atoms in total. The van der Waals surface area contributed by atoms with Gasteiger partial charge in [-0.2, -0.15) is 0 Å². The van der Waals surface area contributed by atoms with Crippen LogP contribution in [0.3, 0.4) is 0 Å². The molecule has 0 radical (unpaired) electrons. The van der Waals surface area contributed by atoms with Crippen LogP contribution in [0.2, 0.25) is 0 Å². The van der Waals surface area contributed by atoms with Gasteiger partial charge >= 0.3 is 0 Å². The van der Waals surface area contributed by atoms with Gasteiger partial charge in [0.25, 0.3) is 0 Å². The molecular formula is C17H21N3O. The van der Waals surface area contributed by atoms with Crippen molar-refractivity contribution in [2.45, 2.75) is 19.0 Å². The highest BCUT2D eigenvalue weighted by Gasteiger charge is 2.24. The standard InChI is InChI=1S/C17H21N3O/c1-18-15-9-11-20(16-8-4-3-7-14(15)16)12-13-6-5-10-19-17(13)21-2/h3-8,10,15,18H,9,11-12H2,1-2H3. The molecule has 2 aromatic rings. The molecule has 0 aliphatic carbocycles. The number of pyridine rings is 1. The zero-order valence-corrected chi connectivity index (χ0v) is 12.5. The first-order valence-electron chi connectivity index (χ1n) is 7.32. The lowest BCUT2D eigenvalue weighted by Crippen LogP contribution is -2.34. The first-order valence-corrected chi connectivity index (χ1v) is 7.32. The molecule has 1 N–H and O–H groups in total. The second kappa shape index (κ2) is 6.14. The molecule has 0 bridgehead atoms. The average molecular weight is 283 g/mol. The summed E-state index contributed by atoms with van der Waals surface area (Å²) in [5, 5.41) is 3.40. The van der Waals surface area contributed by atoms with Crippen molar-refractivity contribution in [3.05, 3.63) is 53.7 Å². The highest BCUT2D eigenvalue weighted by molar-refractivity contribution is 5.57. The van der Waals surface area contributed by atoms with Crippen molar-refractivity contribution in [1.29, 1.82) is 0 Å². The number of para-hydroxylation sites is 1. The van der Waals surface area contributed by atoms with Crippen molar-refractivity contribution >= 4 is 5.69 Å². The number of methoxy groups -OCH3 is 1. The zero-order valence-electron chi connectivity index (χ0n) is 12.5. The van der Waals surface area contributed by atoms with Gasteiger partial charge in [0, 0.05) is 36.6 Å². The molecule has 1 aromatic carbocycles. The largest absolute Gasteiger partial charge is 0.481 e. The SMILES string of the molecule is CNC1CCN(Cc2cccnc2OC)c2ccccc21. The molecule has 0 spiro atoms. The Morgan fingerprint density at radius 1 is 1.29 bits per heavy atom. The summed E-state index contributed by atoms with van der Waals surface area (Å²) in [4.78, 5) is 6.69. The van der Waals surface area contributed by atoms with E-state index in [0.717, 1.165) is 25.1 Å².